The molecule has 0 aromatic heterocycles. The van der Waals surface area contributed by atoms with E-state index in [0.717, 1.165) is 30.7 Å². The van der Waals surface area contributed by atoms with Crippen LogP contribution in [0, 0.1) is 0 Å². The van der Waals surface area contributed by atoms with Crippen LogP contribution in [-0.2, 0) is 0 Å². The van der Waals surface area contributed by atoms with Gasteiger partial charge in [0.1, 0.15) is 0 Å². The summed E-state index contributed by atoms with van der Waals surface area (Å²) in [4.78, 5) is 12.4. The molecule has 1 aliphatic heterocycles. The predicted octanol–water partition coefficient (Wildman–Crippen LogP) is 5.74. The summed E-state index contributed by atoms with van der Waals surface area (Å²) >= 11 is 0. The number of rotatable bonds is 7. The van der Waals surface area contributed by atoms with Crippen molar-refractivity contribution in [3.05, 3.63) is 71.8 Å². The van der Waals surface area contributed by atoms with Gasteiger partial charge < -0.3 is 4.67 Å². The van der Waals surface area contributed by atoms with E-state index < -0.39 is 8.24 Å². The Morgan fingerprint density at radius 2 is 1.56 bits per heavy atom. The molecule has 1 heterocycles. The van der Waals surface area contributed by atoms with Gasteiger partial charge in [0, 0.05) is 18.5 Å². The van der Waals surface area contributed by atoms with Crippen LogP contribution in [-0.4, -0.2) is 30.9 Å². The fraction of sp³-hybridized carbons (Fsp3) is 0.391. The van der Waals surface area contributed by atoms with Crippen molar-refractivity contribution in [2.45, 2.75) is 51.2 Å². The standard InChI is InChI=1S/C23H30N2OSi/c1-27(2)19-10-9-18-25(27)24-22(20-12-5-3-6-13-20)16-11-17-23(26)21-14-7-4-8-15-21/h3-8,12-15H,9-11,16-19H2,1-2H3. The molecule has 0 bridgehead atoms. The van der Waals surface area contributed by atoms with Crippen LogP contribution in [0.4, 0.5) is 0 Å². The molecule has 0 spiro atoms. The summed E-state index contributed by atoms with van der Waals surface area (Å²) in [7, 11) is -1.45. The second-order valence-corrected chi connectivity index (χ2v) is 12.6. The first-order chi connectivity index (χ1) is 13.1. The van der Waals surface area contributed by atoms with Gasteiger partial charge in [-0.05, 0) is 30.9 Å². The maximum absolute atomic E-state index is 12.4. The van der Waals surface area contributed by atoms with Crippen molar-refractivity contribution in [1.82, 2.24) is 4.67 Å². The van der Waals surface area contributed by atoms with Gasteiger partial charge in [-0.2, -0.15) is 5.10 Å². The van der Waals surface area contributed by atoms with Gasteiger partial charge in [0.05, 0.1) is 5.71 Å². The van der Waals surface area contributed by atoms with Crippen LogP contribution in [0.1, 0.15) is 48.0 Å². The van der Waals surface area contributed by atoms with Crippen molar-refractivity contribution in [1.29, 1.82) is 0 Å². The fourth-order valence-corrected chi connectivity index (χ4v) is 6.18. The zero-order chi connectivity index (χ0) is 19.1. The minimum atomic E-state index is -1.45. The third-order valence-corrected chi connectivity index (χ3v) is 8.67. The average Bonchev–Trinajstić information content (AvgIpc) is 2.69. The van der Waals surface area contributed by atoms with E-state index in [1.54, 1.807) is 0 Å². The molecule has 0 saturated carbocycles. The summed E-state index contributed by atoms with van der Waals surface area (Å²) < 4.78 is 2.40. The van der Waals surface area contributed by atoms with Crippen LogP contribution in [0.2, 0.25) is 19.1 Å². The number of Topliss-reactive ketones (excluding diaryl/α,β-unsaturated/α-hetero) is 1. The molecular weight excluding hydrogens is 348 g/mol. The molecule has 3 nitrogen and oxygen atoms in total. The summed E-state index contributed by atoms with van der Waals surface area (Å²) in [5, 5.41) is 5.13. The van der Waals surface area contributed by atoms with E-state index in [1.807, 2.05) is 36.4 Å². The smallest absolute Gasteiger partial charge is 0.172 e. The Labute approximate surface area is 164 Å². The molecule has 1 aliphatic rings. The minimum Gasteiger partial charge on any atom is -0.324 e. The molecule has 0 unspecified atom stereocenters. The third kappa shape index (κ3) is 5.39. The molecule has 2 aromatic rings. The topological polar surface area (TPSA) is 32.7 Å². The molecule has 0 N–H and O–H groups in total. The number of carbonyl (C=O) groups excluding carboxylic acids is 1. The molecular formula is C23H30N2OSi. The first-order valence-corrected chi connectivity index (χ1v) is 13.2. The lowest BCUT2D eigenvalue weighted by atomic mass is 10.0. The van der Waals surface area contributed by atoms with Crippen LogP contribution >= 0.6 is 0 Å². The summed E-state index contributed by atoms with van der Waals surface area (Å²) in [5.41, 5.74) is 3.11. The first-order valence-electron chi connectivity index (χ1n) is 10.0. The molecule has 0 amide bonds. The number of hydrogen-bond acceptors (Lipinski definition) is 3. The zero-order valence-electron chi connectivity index (χ0n) is 16.5. The first kappa shape index (κ1) is 19.6. The molecule has 4 heteroatoms. The number of benzene rings is 2. The van der Waals surface area contributed by atoms with Crippen molar-refractivity contribution in [2.75, 3.05) is 6.54 Å². The van der Waals surface area contributed by atoms with Crippen molar-refractivity contribution in [2.24, 2.45) is 5.10 Å². The number of hydrazone groups is 1. The summed E-state index contributed by atoms with van der Waals surface area (Å²) in [6.07, 6.45) is 4.80. The molecule has 0 atom stereocenters. The Kier molecular flexibility index (Phi) is 6.62. The SMILES string of the molecule is C[Si]1(C)CCCCN1N=C(CCCC(=O)c1ccccc1)c1ccccc1. The maximum atomic E-state index is 12.4. The fourth-order valence-electron chi connectivity index (χ4n) is 3.65. The van der Waals surface area contributed by atoms with Gasteiger partial charge in [-0.1, -0.05) is 80.2 Å². The van der Waals surface area contributed by atoms with E-state index >= 15 is 0 Å². The molecule has 0 aliphatic carbocycles. The van der Waals surface area contributed by atoms with Crippen molar-refractivity contribution >= 4 is 19.7 Å². The summed E-state index contributed by atoms with van der Waals surface area (Å²) in [6, 6.07) is 21.4. The molecule has 3 rings (SSSR count). The van der Waals surface area contributed by atoms with Gasteiger partial charge >= 0.3 is 0 Å². The highest BCUT2D eigenvalue weighted by atomic mass is 28.3. The Morgan fingerprint density at radius 1 is 0.926 bits per heavy atom. The van der Waals surface area contributed by atoms with Gasteiger partial charge in [0.25, 0.3) is 0 Å². The average molecular weight is 379 g/mol. The highest BCUT2D eigenvalue weighted by molar-refractivity contribution is 6.74. The Balaban J connectivity index is 1.71. The van der Waals surface area contributed by atoms with Gasteiger partial charge in [0.15, 0.2) is 14.0 Å². The second kappa shape index (κ2) is 9.13. The Hall–Kier alpha value is -2.20. The second-order valence-electron chi connectivity index (χ2n) is 7.95. The molecule has 0 radical (unpaired) electrons. The van der Waals surface area contributed by atoms with E-state index in [0.29, 0.717) is 6.42 Å². The van der Waals surface area contributed by atoms with Crippen LogP contribution in [0.3, 0.4) is 0 Å². The van der Waals surface area contributed by atoms with Crippen LogP contribution in [0.25, 0.3) is 0 Å². The number of hydrogen-bond donors (Lipinski definition) is 0. The Morgan fingerprint density at radius 3 is 2.19 bits per heavy atom. The third-order valence-electron chi connectivity index (χ3n) is 5.37. The monoisotopic (exact) mass is 378 g/mol. The van der Waals surface area contributed by atoms with Crippen molar-refractivity contribution in [3.8, 4) is 0 Å². The van der Waals surface area contributed by atoms with E-state index in [9.17, 15) is 4.79 Å². The predicted molar refractivity (Wildman–Crippen MR) is 116 cm³/mol. The number of carbonyl (C=O) groups is 1. The maximum Gasteiger partial charge on any atom is 0.172 e. The summed E-state index contributed by atoms with van der Waals surface area (Å²) in [5.74, 6) is 0.218. The molecule has 27 heavy (non-hydrogen) atoms. The summed E-state index contributed by atoms with van der Waals surface area (Å²) in [6.45, 7) is 5.90. The number of ketones is 1. The van der Waals surface area contributed by atoms with Crippen LogP contribution in [0.5, 0.6) is 0 Å². The molecule has 2 aromatic carbocycles. The highest BCUT2D eigenvalue weighted by Gasteiger charge is 2.32. The zero-order valence-corrected chi connectivity index (χ0v) is 17.5. The Bertz CT molecular complexity index is 771. The van der Waals surface area contributed by atoms with Gasteiger partial charge in [-0.15, -0.1) is 0 Å². The normalized spacial score (nSPS) is 17.0. The molecule has 1 fully saturated rings. The van der Waals surface area contributed by atoms with E-state index in [4.69, 9.17) is 5.10 Å². The van der Waals surface area contributed by atoms with Crippen LogP contribution < -0.4 is 0 Å². The lowest BCUT2D eigenvalue weighted by molar-refractivity contribution is 0.0981. The quantitative estimate of drug-likeness (QED) is 0.349. The van der Waals surface area contributed by atoms with E-state index in [-0.39, 0.29) is 5.78 Å². The van der Waals surface area contributed by atoms with Crippen molar-refractivity contribution in [3.63, 3.8) is 0 Å². The lowest BCUT2D eigenvalue weighted by Crippen LogP contribution is -2.48. The minimum absolute atomic E-state index is 0.218. The van der Waals surface area contributed by atoms with Gasteiger partial charge in [-0.25, -0.2) is 0 Å². The van der Waals surface area contributed by atoms with Gasteiger partial charge in [-0.3, -0.25) is 4.79 Å². The molecule has 1 saturated heterocycles. The lowest BCUT2D eigenvalue weighted by Gasteiger charge is -2.39. The van der Waals surface area contributed by atoms with Crippen molar-refractivity contribution < 1.29 is 4.79 Å². The van der Waals surface area contributed by atoms with Gasteiger partial charge in [0.2, 0.25) is 0 Å². The highest BCUT2D eigenvalue weighted by Crippen LogP contribution is 2.26. The molecule has 142 valence electrons. The van der Waals surface area contributed by atoms with E-state index in [2.05, 4.69) is 42.0 Å². The van der Waals surface area contributed by atoms with E-state index in [1.165, 1.54) is 24.4 Å². The van der Waals surface area contributed by atoms with Crippen LogP contribution in [0.15, 0.2) is 65.8 Å². The largest absolute Gasteiger partial charge is 0.324 e. The number of nitrogens with zero attached hydrogens (tertiary/aromatic N) is 2.